The second kappa shape index (κ2) is 6.41. The minimum Gasteiger partial charge on any atom is -0.496 e. The smallest absolute Gasteiger partial charge is 0.255 e. The summed E-state index contributed by atoms with van der Waals surface area (Å²) in [4.78, 5) is 12.4. The predicted octanol–water partition coefficient (Wildman–Crippen LogP) is 2.42. The monoisotopic (exact) mass is 432 g/mol. The Labute approximate surface area is 146 Å². The number of rotatable bonds is 4. The Bertz CT molecular complexity index is 732. The number of ether oxygens (including phenoxy) is 1. The molecule has 6 nitrogen and oxygen atoms in total. The Morgan fingerprint density at radius 3 is 3.09 bits per heavy atom. The molecule has 0 fully saturated rings. The van der Waals surface area contributed by atoms with Crippen LogP contribution >= 0.6 is 34.2 Å². The van der Waals surface area contributed by atoms with Crippen molar-refractivity contribution in [2.75, 3.05) is 7.11 Å². The molecule has 2 aromatic rings. The molecular formula is C14H14ClIN4O2. The van der Waals surface area contributed by atoms with Gasteiger partial charge in [-0.2, -0.15) is 0 Å². The van der Waals surface area contributed by atoms with Crippen molar-refractivity contribution >= 4 is 40.1 Å². The van der Waals surface area contributed by atoms with Crippen molar-refractivity contribution in [1.29, 1.82) is 0 Å². The molecule has 0 unspecified atom stereocenters. The first-order chi connectivity index (χ1) is 10.6. The number of fused-ring (bicyclic) bond motifs is 1. The molecule has 0 saturated carbocycles. The highest BCUT2D eigenvalue weighted by Gasteiger charge is 2.19. The molecule has 8 heteroatoms. The lowest BCUT2D eigenvalue weighted by Gasteiger charge is -2.11. The van der Waals surface area contributed by atoms with E-state index in [1.165, 1.54) is 7.11 Å². The zero-order valence-corrected chi connectivity index (χ0v) is 14.8. The topological polar surface area (TPSA) is 69.0 Å². The summed E-state index contributed by atoms with van der Waals surface area (Å²) in [7, 11) is 1.53. The number of halogens is 2. The van der Waals surface area contributed by atoms with Crippen molar-refractivity contribution in [3.05, 3.63) is 37.9 Å². The molecule has 1 amide bonds. The highest BCUT2D eigenvalue weighted by Crippen LogP contribution is 2.28. The summed E-state index contributed by atoms with van der Waals surface area (Å²) < 4.78 is 8.15. The minimum atomic E-state index is -0.245. The number of hydrogen-bond donors (Lipinski definition) is 1. The number of carbonyl (C=O) groups excluding carboxylic acids is 1. The maximum absolute atomic E-state index is 12.4. The van der Waals surface area contributed by atoms with Gasteiger partial charge in [-0.3, -0.25) is 4.79 Å². The number of nitrogens with zero attached hydrogens (tertiary/aromatic N) is 3. The first kappa shape index (κ1) is 15.5. The fourth-order valence-electron chi connectivity index (χ4n) is 2.47. The van der Waals surface area contributed by atoms with Crippen LogP contribution in [0.25, 0.3) is 0 Å². The van der Waals surface area contributed by atoms with Crippen LogP contribution in [0.15, 0.2) is 12.1 Å². The lowest BCUT2D eigenvalue weighted by Crippen LogP contribution is -2.25. The third-order valence-electron chi connectivity index (χ3n) is 3.58. The molecular weight excluding hydrogens is 419 g/mol. The van der Waals surface area contributed by atoms with Gasteiger partial charge in [-0.25, -0.2) is 0 Å². The number of aromatic nitrogens is 3. The Morgan fingerprint density at radius 2 is 2.32 bits per heavy atom. The average Bonchev–Trinajstić information content (AvgIpc) is 3.10. The second-order valence-electron chi connectivity index (χ2n) is 4.94. The van der Waals surface area contributed by atoms with Gasteiger partial charge in [0, 0.05) is 16.5 Å². The standard InChI is InChI=1S/C14H14ClIN4O2/c1-22-11-6-10(16)9(15)5-8(11)14(21)17-7-13-19-18-12-3-2-4-20(12)13/h5-6H,2-4,7H2,1H3,(H,17,21). The first-order valence-corrected chi connectivity index (χ1v) is 8.28. The Balaban J connectivity index is 1.76. The first-order valence-electron chi connectivity index (χ1n) is 6.82. The molecule has 116 valence electrons. The average molecular weight is 433 g/mol. The van der Waals surface area contributed by atoms with E-state index in [4.69, 9.17) is 16.3 Å². The quantitative estimate of drug-likeness (QED) is 0.754. The van der Waals surface area contributed by atoms with Crippen molar-refractivity contribution in [2.45, 2.75) is 25.9 Å². The van der Waals surface area contributed by atoms with Gasteiger partial charge in [0.05, 0.1) is 24.2 Å². The Kier molecular flexibility index (Phi) is 4.53. The fourth-order valence-corrected chi connectivity index (χ4v) is 3.07. The maximum atomic E-state index is 12.4. The lowest BCUT2D eigenvalue weighted by molar-refractivity contribution is 0.0946. The van der Waals surface area contributed by atoms with Crippen molar-refractivity contribution in [3.63, 3.8) is 0 Å². The molecule has 0 saturated heterocycles. The van der Waals surface area contributed by atoms with Crippen molar-refractivity contribution in [2.24, 2.45) is 0 Å². The van der Waals surface area contributed by atoms with E-state index in [9.17, 15) is 4.79 Å². The van der Waals surface area contributed by atoms with Crippen LogP contribution in [-0.4, -0.2) is 27.8 Å². The van der Waals surface area contributed by atoms with Crippen molar-refractivity contribution in [3.8, 4) is 5.75 Å². The molecule has 1 aromatic heterocycles. The van der Waals surface area contributed by atoms with Crippen LogP contribution in [-0.2, 0) is 19.5 Å². The van der Waals surface area contributed by atoms with E-state index in [1.807, 2.05) is 0 Å². The molecule has 0 spiro atoms. The summed E-state index contributed by atoms with van der Waals surface area (Å²) in [6.07, 6.45) is 2.02. The van der Waals surface area contributed by atoms with E-state index in [0.29, 0.717) is 22.9 Å². The third-order valence-corrected chi connectivity index (χ3v) is 5.10. The van der Waals surface area contributed by atoms with Crippen LogP contribution in [0.3, 0.4) is 0 Å². The number of nitrogens with one attached hydrogen (secondary N) is 1. The van der Waals surface area contributed by atoms with Gasteiger partial charge in [0.2, 0.25) is 0 Å². The van der Waals surface area contributed by atoms with Crippen LogP contribution < -0.4 is 10.1 Å². The number of amides is 1. The molecule has 2 heterocycles. The van der Waals surface area contributed by atoms with Gasteiger partial charge in [-0.15, -0.1) is 10.2 Å². The molecule has 0 atom stereocenters. The summed E-state index contributed by atoms with van der Waals surface area (Å²) in [5.74, 6) is 2.01. The molecule has 1 N–H and O–H groups in total. The van der Waals surface area contributed by atoms with E-state index in [-0.39, 0.29) is 5.91 Å². The number of carbonyl (C=O) groups is 1. The Hall–Kier alpha value is -1.35. The minimum absolute atomic E-state index is 0.245. The van der Waals surface area contributed by atoms with E-state index in [0.717, 1.165) is 34.6 Å². The van der Waals surface area contributed by atoms with Crippen LogP contribution in [0.1, 0.15) is 28.4 Å². The highest BCUT2D eigenvalue weighted by molar-refractivity contribution is 14.1. The zero-order chi connectivity index (χ0) is 15.7. The van der Waals surface area contributed by atoms with Crippen molar-refractivity contribution < 1.29 is 9.53 Å². The van der Waals surface area contributed by atoms with Gasteiger partial charge >= 0.3 is 0 Å². The van der Waals surface area contributed by atoms with Crippen LogP contribution in [0, 0.1) is 3.57 Å². The van der Waals surface area contributed by atoms with Gasteiger partial charge in [-0.05, 0) is 41.1 Å². The van der Waals surface area contributed by atoms with Gasteiger partial charge in [0.1, 0.15) is 11.6 Å². The maximum Gasteiger partial charge on any atom is 0.255 e. The molecule has 0 aliphatic carbocycles. The molecule has 22 heavy (non-hydrogen) atoms. The second-order valence-corrected chi connectivity index (χ2v) is 6.51. The summed E-state index contributed by atoms with van der Waals surface area (Å²) in [6.45, 7) is 1.24. The molecule has 1 aromatic carbocycles. The van der Waals surface area contributed by atoms with E-state index in [2.05, 4.69) is 42.7 Å². The fraction of sp³-hybridized carbons (Fsp3) is 0.357. The third kappa shape index (κ3) is 2.91. The van der Waals surface area contributed by atoms with Crippen LogP contribution in [0.5, 0.6) is 5.75 Å². The summed E-state index contributed by atoms with van der Waals surface area (Å²) in [5, 5.41) is 11.6. The largest absolute Gasteiger partial charge is 0.496 e. The summed E-state index contributed by atoms with van der Waals surface area (Å²) in [6, 6.07) is 3.36. The van der Waals surface area contributed by atoms with Crippen LogP contribution in [0.4, 0.5) is 0 Å². The summed E-state index contributed by atoms with van der Waals surface area (Å²) >= 11 is 8.19. The normalized spacial score (nSPS) is 13.0. The molecule has 0 radical (unpaired) electrons. The highest BCUT2D eigenvalue weighted by atomic mass is 127. The van der Waals surface area contributed by atoms with Gasteiger partial charge in [0.15, 0.2) is 5.82 Å². The van der Waals surface area contributed by atoms with Gasteiger partial charge < -0.3 is 14.6 Å². The van der Waals surface area contributed by atoms with Gasteiger partial charge in [-0.1, -0.05) is 11.6 Å². The lowest BCUT2D eigenvalue weighted by atomic mass is 10.2. The SMILES string of the molecule is COc1cc(I)c(Cl)cc1C(=O)NCc1nnc2n1CCC2. The summed E-state index contributed by atoms with van der Waals surface area (Å²) in [5.41, 5.74) is 0.411. The molecule has 1 aliphatic heterocycles. The van der Waals surface area contributed by atoms with E-state index < -0.39 is 0 Å². The van der Waals surface area contributed by atoms with E-state index >= 15 is 0 Å². The van der Waals surface area contributed by atoms with Crippen molar-refractivity contribution in [1.82, 2.24) is 20.1 Å². The number of benzene rings is 1. The molecule has 0 bridgehead atoms. The number of methoxy groups -OCH3 is 1. The van der Waals surface area contributed by atoms with Crippen LogP contribution in [0.2, 0.25) is 5.02 Å². The Morgan fingerprint density at radius 1 is 1.50 bits per heavy atom. The number of aryl methyl sites for hydroxylation is 1. The number of hydrogen-bond acceptors (Lipinski definition) is 4. The van der Waals surface area contributed by atoms with Gasteiger partial charge in [0.25, 0.3) is 5.91 Å². The molecule has 3 rings (SSSR count). The van der Waals surface area contributed by atoms with E-state index in [1.54, 1.807) is 12.1 Å². The predicted molar refractivity (Wildman–Crippen MR) is 90.2 cm³/mol. The zero-order valence-electron chi connectivity index (χ0n) is 11.9. The molecule has 1 aliphatic rings.